The lowest BCUT2D eigenvalue weighted by Gasteiger charge is -2.33. The van der Waals surface area contributed by atoms with Gasteiger partial charge in [-0.1, -0.05) is 6.07 Å². The molecule has 0 unspecified atom stereocenters. The molecule has 0 spiro atoms. The van der Waals surface area contributed by atoms with E-state index in [1.54, 1.807) is 6.07 Å². The average molecular weight is 678 g/mol. The largest absolute Gasteiger partial charge is 0.496 e. The minimum absolute atomic E-state index is 0.0101. The summed E-state index contributed by atoms with van der Waals surface area (Å²) in [5, 5.41) is 9.52. The van der Waals surface area contributed by atoms with Gasteiger partial charge in [0, 0.05) is 24.2 Å². The molecule has 2 aromatic carbocycles. The highest BCUT2D eigenvalue weighted by atomic mass is 19.4. The van der Waals surface area contributed by atoms with E-state index in [9.17, 15) is 41.0 Å². The smallest absolute Gasteiger partial charge is 0.416 e. The Morgan fingerprint density at radius 3 is 2.21 bits per heavy atom. The predicted molar refractivity (Wildman–Crippen MR) is 161 cm³/mol. The van der Waals surface area contributed by atoms with Crippen LogP contribution < -0.4 is 9.64 Å². The third-order valence-corrected chi connectivity index (χ3v) is 9.56. The number of amides is 1. The summed E-state index contributed by atoms with van der Waals surface area (Å²) in [6, 6.07) is 9.54. The number of alkyl halides is 6. The van der Waals surface area contributed by atoms with Crippen LogP contribution >= 0.6 is 0 Å². The summed E-state index contributed by atoms with van der Waals surface area (Å²) in [4.78, 5) is 33.0. The molecule has 1 aliphatic carbocycles. The molecule has 1 saturated carbocycles. The molecule has 48 heavy (non-hydrogen) atoms. The normalized spacial score (nSPS) is 22.9. The van der Waals surface area contributed by atoms with Crippen molar-refractivity contribution in [3.8, 4) is 16.9 Å². The molecule has 3 heterocycles. The van der Waals surface area contributed by atoms with E-state index in [0.717, 1.165) is 25.1 Å². The number of aromatic nitrogens is 1. The molecule has 2 saturated heterocycles. The second kappa shape index (κ2) is 12.5. The number of aliphatic carboxylic acids is 1. The van der Waals surface area contributed by atoms with Crippen molar-refractivity contribution in [2.75, 3.05) is 25.1 Å². The van der Waals surface area contributed by atoms with Crippen LogP contribution in [0.15, 0.2) is 48.5 Å². The SMILES string of the molecule is COc1ccc([C@@H]2CC[C@@H](C(=O)O)C2)cc1-c1ccc(N2CCC2)nc1CN1C(=O)O[C@H](c2cc(C(F)(F)F)cc(C(F)(F)F)c2)[C@@H]1C. The molecule has 14 heteroatoms. The molecule has 3 aliphatic rings. The summed E-state index contributed by atoms with van der Waals surface area (Å²) in [5.41, 5.74) is -0.814. The second-order valence-electron chi connectivity index (χ2n) is 12.5. The average Bonchev–Trinajstić information content (AvgIpc) is 3.61. The minimum Gasteiger partial charge on any atom is -0.496 e. The van der Waals surface area contributed by atoms with E-state index in [0.29, 0.717) is 59.8 Å². The predicted octanol–water partition coefficient (Wildman–Crippen LogP) is 8.06. The van der Waals surface area contributed by atoms with Gasteiger partial charge in [-0.25, -0.2) is 9.78 Å². The molecule has 3 fully saturated rings. The summed E-state index contributed by atoms with van der Waals surface area (Å²) >= 11 is 0. The number of nitrogens with zero attached hydrogens (tertiary/aromatic N) is 3. The fourth-order valence-electron chi connectivity index (χ4n) is 6.74. The van der Waals surface area contributed by atoms with Crippen LogP contribution in [0.4, 0.5) is 37.0 Å². The molecule has 2 aliphatic heterocycles. The van der Waals surface area contributed by atoms with Crippen LogP contribution in [0.5, 0.6) is 5.75 Å². The fourth-order valence-corrected chi connectivity index (χ4v) is 6.74. The number of benzene rings is 2. The van der Waals surface area contributed by atoms with Gasteiger partial charge in [-0.05, 0) is 92.1 Å². The van der Waals surface area contributed by atoms with E-state index in [1.165, 1.54) is 18.9 Å². The minimum atomic E-state index is -5.06. The van der Waals surface area contributed by atoms with Gasteiger partial charge in [-0.3, -0.25) is 9.69 Å². The highest BCUT2D eigenvalue weighted by molar-refractivity contribution is 5.76. The number of methoxy groups -OCH3 is 1. The van der Waals surface area contributed by atoms with Crippen molar-refractivity contribution in [2.45, 2.75) is 69.6 Å². The molecule has 0 bridgehead atoms. The molecule has 3 aromatic rings. The second-order valence-corrected chi connectivity index (χ2v) is 12.5. The molecule has 4 atom stereocenters. The highest BCUT2D eigenvalue weighted by Crippen LogP contribution is 2.44. The Morgan fingerprint density at radius 2 is 1.65 bits per heavy atom. The monoisotopic (exact) mass is 677 g/mol. The van der Waals surface area contributed by atoms with E-state index in [1.807, 2.05) is 29.2 Å². The van der Waals surface area contributed by atoms with E-state index in [2.05, 4.69) is 0 Å². The van der Waals surface area contributed by atoms with Crippen LogP contribution in [0.1, 0.15) is 72.6 Å². The maximum atomic E-state index is 13.6. The van der Waals surface area contributed by atoms with Crippen LogP contribution in [0, 0.1) is 5.92 Å². The molecule has 1 N–H and O–H groups in total. The molecule has 256 valence electrons. The van der Waals surface area contributed by atoms with Crippen molar-refractivity contribution in [1.29, 1.82) is 0 Å². The van der Waals surface area contributed by atoms with Gasteiger partial charge in [-0.2, -0.15) is 26.3 Å². The number of carbonyl (C=O) groups excluding carboxylic acids is 1. The van der Waals surface area contributed by atoms with Crippen molar-refractivity contribution in [3.05, 3.63) is 76.5 Å². The molecule has 1 aromatic heterocycles. The Labute approximate surface area is 272 Å². The van der Waals surface area contributed by atoms with Gasteiger partial charge >= 0.3 is 24.4 Å². The third kappa shape index (κ3) is 6.48. The summed E-state index contributed by atoms with van der Waals surface area (Å²) in [5.74, 6) is -0.0994. The lowest BCUT2D eigenvalue weighted by atomic mass is 9.91. The Balaban J connectivity index is 1.37. The molecule has 0 radical (unpaired) electrons. The summed E-state index contributed by atoms with van der Waals surface area (Å²) in [6.07, 6.45) is -9.71. The number of carbonyl (C=O) groups is 2. The number of rotatable bonds is 8. The van der Waals surface area contributed by atoms with Gasteiger partial charge in [0.2, 0.25) is 0 Å². The van der Waals surface area contributed by atoms with Gasteiger partial charge in [0.25, 0.3) is 0 Å². The summed E-state index contributed by atoms with van der Waals surface area (Å²) < 4.78 is 92.8. The number of carboxylic acids is 1. The third-order valence-electron chi connectivity index (χ3n) is 9.56. The van der Waals surface area contributed by atoms with Crippen LogP contribution in [0.2, 0.25) is 0 Å². The van der Waals surface area contributed by atoms with Crippen molar-refractivity contribution < 1.29 is 50.5 Å². The number of halogens is 6. The lowest BCUT2D eigenvalue weighted by Crippen LogP contribution is -2.38. The lowest BCUT2D eigenvalue weighted by molar-refractivity contribution is -0.143. The van der Waals surface area contributed by atoms with Gasteiger partial charge in [0.05, 0.1) is 42.4 Å². The molecule has 6 rings (SSSR count). The molecule has 8 nitrogen and oxygen atoms in total. The van der Waals surface area contributed by atoms with Crippen molar-refractivity contribution >= 4 is 17.9 Å². The number of pyridine rings is 1. The number of carboxylic acid groups (broad SMARTS) is 1. The topological polar surface area (TPSA) is 92.2 Å². The fraction of sp³-hybridized carbons (Fsp3) is 0.441. The zero-order chi connectivity index (χ0) is 34.5. The van der Waals surface area contributed by atoms with Crippen molar-refractivity contribution in [2.24, 2.45) is 5.92 Å². The van der Waals surface area contributed by atoms with Crippen LogP contribution in [-0.2, 0) is 28.4 Å². The first kappa shape index (κ1) is 33.4. The van der Waals surface area contributed by atoms with Crippen molar-refractivity contribution in [3.63, 3.8) is 0 Å². The zero-order valence-corrected chi connectivity index (χ0v) is 26.1. The molecular formula is C34H33F6N3O5. The van der Waals surface area contributed by atoms with E-state index in [-0.39, 0.29) is 18.5 Å². The van der Waals surface area contributed by atoms with Crippen molar-refractivity contribution in [1.82, 2.24) is 9.88 Å². The van der Waals surface area contributed by atoms with Gasteiger partial charge in [-0.15, -0.1) is 0 Å². The van der Waals surface area contributed by atoms with E-state index >= 15 is 0 Å². The van der Waals surface area contributed by atoms with E-state index in [4.69, 9.17) is 14.5 Å². The van der Waals surface area contributed by atoms with E-state index < -0.39 is 59.2 Å². The standard InChI is InChI=1S/C34H33F6N3O5/c1-18-30(22-13-23(33(35,36)37)16-24(14-22)34(38,39)40)48-32(46)43(18)17-27-25(7-9-29(41-27)42-10-3-11-42)26-15-20(6-8-28(26)47-2)19-4-5-21(12-19)31(44)45/h6-9,13-16,18-19,21,30H,3-5,10-12,17H2,1-2H3,(H,44,45)/t18-,19+,21+,30-/m0/s1. The number of hydrogen-bond donors (Lipinski definition) is 1. The van der Waals surface area contributed by atoms with Crippen LogP contribution in [0.3, 0.4) is 0 Å². The van der Waals surface area contributed by atoms with Crippen LogP contribution in [-0.4, -0.2) is 53.3 Å². The highest BCUT2D eigenvalue weighted by Gasteiger charge is 2.44. The van der Waals surface area contributed by atoms with Gasteiger partial charge in [0.1, 0.15) is 17.7 Å². The Kier molecular flexibility index (Phi) is 8.71. The van der Waals surface area contributed by atoms with Gasteiger partial charge in [0.15, 0.2) is 0 Å². The first-order valence-electron chi connectivity index (χ1n) is 15.6. The quantitative estimate of drug-likeness (QED) is 0.241. The Hall–Kier alpha value is -4.49. The number of anilines is 1. The molecular weight excluding hydrogens is 644 g/mol. The number of hydrogen-bond acceptors (Lipinski definition) is 6. The maximum absolute atomic E-state index is 13.6. The Morgan fingerprint density at radius 1 is 0.958 bits per heavy atom. The maximum Gasteiger partial charge on any atom is 0.416 e. The summed E-state index contributed by atoms with van der Waals surface area (Å²) in [6.45, 7) is 2.90. The van der Waals surface area contributed by atoms with Gasteiger partial charge < -0.3 is 19.5 Å². The van der Waals surface area contributed by atoms with Crippen LogP contribution in [0.25, 0.3) is 11.1 Å². The zero-order valence-electron chi connectivity index (χ0n) is 26.1. The first-order chi connectivity index (χ1) is 22.6. The summed E-state index contributed by atoms with van der Waals surface area (Å²) in [7, 11) is 1.50. The molecule has 1 amide bonds. The first-order valence-corrected chi connectivity index (χ1v) is 15.6. The Bertz CT molecular complexity index is 1690. The number of ether oxygens (including phenoxy) is 2. The number of cyclic esters (lactones) is 1.